The van der Waals surface area contributed by atoms with Gasteiger partial charge in [0, 0.05) is 26.3 Å². The van der Waals surface area contributed by atoms with E-state index in [-0.39, 0.29) is 12.1 Å². The highest BCUT2D eigenvalue weighted by molar-refractivity contribution is 5.70. The van der Waals surface area contributed by atoms with Gasteiger partial charge in [0.15, 0.2) is 0 Å². The van der Waals surface area contributed by atoms with Crippen LogP contribution in [0.2, 0.25) is 0 Å². The molecule has 2 rings (SSSR count). The minimum Gasteiger partial charge on any atom is -0.465 e. The lowest BCUT2D eigenvalue weighted by atomic mass is 10.0. The zero-order valence-corrected chi connectivity index (χ0v) is 10.2. The molecule has 0 radical (unpaired) electrons. The standard InChI is InChI=1S/C12H21NO4/c14-12(7-11-8-13-3-6-16-11)17-9-10-1-4-15-5-2-10/h10-11,13H,1-9H2. The molecule has 5 nitrogen and oxygen atoms in total. The maximum absolute atomic E-state index is 11.6. The molecule has 2 saturated heterocycles. The summed E-state index contributed by atoms with van der Waals surface area (Å²) in [6.45, 7) is 4.40. The zero-order chi connectivity index (χ0) is 11.9. The van der Waals surface area contributed by atoms with Crippen LogP contribution in [0.5, 0.6) is 0 Å². The van der Waals surface area contributed by atoms with Crippen molar-refractivity contribution in [3.8, 4) is 0 Å². The summed E-state index contributed by atoms with van der Waals surface area (Å²) < 4.78 is 16.0. The van der Waals surface area contributed by atoms with Crippen molar-refractivity contribution in [2.24, 2.45) is 5.92 Å². The fourth-order valence-electron chi connectivity index (χ4n) is 2.12. The molecule has 0 saturated carbocycles. The SMILES string of the molecule is O=C(CC1CNCCO1)OCC1CCOCC1. The third-order valence-corrected chi connectivity index (χ3v) is 3.22. The largest absolute Gasteiger partial charge is 0.465 e. The van der Waals surface area contributed by atoms with Gasteiger partial charge in [-0.1, -0.05) is 0 Å². The number of carbonyl (C=O) groups is 1. The number of esters is 1. The van der Waals surface area contributed by atoms with Gasteiger partial charge in [-0.05, 0) is 18.8 Å². The molecule has 17 heavy (non-hydrogen) atoms. The maximum atomic E-state index is 11.6. The highest BCUT2D eigenvalue weighted by atomic mass is 16.5. The molecule has 2 aliphatic heterocycles. The van der Waals surface area contributed by atoms with Gasteiger partial charge in [-0.2, -0.15) is 0 Å². The van der Waals surface area contributed by atoms with Gasteiger partial charge in [-0.15, -0.1) is 0 Å². The van der Waals surface area contributed by atoms with Crippen molar-refractivity contribution in [1.29, 1.82) is 0 Å². The summed E-state index contributed by atoms with van der Waals surface area (Å²) in [7, 11) is 0. The molecule has 0 aromatic heterocycles. The highest BCUT2D eigenvalue weighted by Crippen LogP contribution is 2.15. The van der Waals surface area contributed by atoms with Gasteiger partial charge in [0.1, 0.15) is 0 Å². The Morgan fingerprint density at radius 3 is 2.82 bits per heavy atom. The summed E-state index contributed by atoms with van der Waals surface area (Å²) in [5.74, 6) is 0.322. The highest BCUT2D eigenvalue weighted by Gasteiger charge is 2.20. The van der Waals surface area contributed by atoms with Crippen molar-refractivity contribution >= 4 is 5.97 Å². The third kappa shape index (κ3) is 4.61. The average Bonchev–Trinajstić information content (AvgIpc) is 2.39. The Hall–Kier alpha value is -0.650. The molecule has 2 fully saturated rings. The number of rotatable bonds is 4. The Morgan fingerprint density at radius 2 is 2.12 bits per heavy atom. The monoisotopic (exact) mass is 243 g/mol. The van der Waals surface area contributed by atoms with Crippen molar-refractivity contribution in [1.82, 2.24) is 5.32 Å². The van der Waals surface area contributed by atoms with Crippen molar-refractivity contribution in [3.05, 3.63) is 0 Å². The lowest BCUT2D eigenvalue weighted by Crippen LogP contribution is -2.40. The first-order chi connectivity index (χ1) is 8.34. The van der Waals surface area contributed by atoms with Crippen molar-refractivity contribution < 1.29 is 19.0 Å². The van der Waals surface area contributed by atoms with Crippen LogP contribution < -0.4 is 5.32 Å². The molecule has 2 heterocycles. The summed E-state index contributed by atoms with van der Waals surface area (Å²) in [4.78, 5) is 11.6. The van der Waals surface area contributed by atoms with Crippen LogP contribution in [0.1, 0.15) is 19.3 Å². The molecule has 0 aliphatic carbocycles. The molecule has 0 aromatic carbocycles. The zero-order valence-electron chi connectivity index (χ0n) is 10.2. The van der Waals surface area contributed by atoms with Gasteiger partial charge < -0.3 is 19.5 Å². The quantitative estimate of drug-likeness (QED) is 0.721. The number of morpholine rings is 1. The number of carbonyl (C=O) groups excluding carboxylic acids is 1. The van der Waals surface area contributed by atoms with E-state index in [2.05, 4.69) is 5.32 Å². The van der Waals surface area contributed by atoms with E-state index in [9.17, 15) is 4.79 Å². The van der Waals surface area contributed by atoms with Crippen LogP contribution in [0, 0.1) is 5.92 Å². The second kappa shape index (κ2) is 6.93. The summed E-state index contributed by atoms with van der Waals surface area (Å²) in [6, 6.07) is 0. The molecule has 0 aromatic rings. The molecule has 0 bridgehead atoms. The molecule has 0 spiro atoms. The van der Waals surface area contributed by atoms with E-state index in [1.54, 1.807) is 0 Å². The Balaban J connectivity index is 1.59. The molecule has 0 amide bonds. The summed E-state index contributed by atoms with van der Waals surface area (Å²) in [6.07, 6.45) is 2.32. The first-order valence-corrected chi connectivity index (χ1v) is 6.40. The second-order valence-electron chi connectivity index (χ2n) is 4.64. The fourth-order valence-corrected chi connectivity index (χ4v) is 2.12. The third-order valence-electron chi connectivity index (χ3n) is 3.22. The van der Waals surface area contributed by atoms with E-state index >= 15 is 0 Å². The van der Waals surface area contributed by atoms with Crippen molar-refractivity contribution in [2.75, 3.05) is 39.5 Å². The van der Waals surface area contributed by atoms with Gasteiger partial charge in [-0.3, -0.25) is 4.79 Å². The van der Waals surface area contributed by atoms with Gasteiger partial charge in [0.25, 0.3) is 0 Å². The molecular formula is C12H21NO4. The van der Waals surface area contributed by atoms with E-state index in [0.29, 0.717) is 25.6 Å². The minimum absolute atomic E-state index is 0.0223. The van der Waals surface area contributed by atoms with Crippen molar-refractivity contribution in [3.63, 3.8) is 0 Å². The smallest absolute Gasteiger partial charge is 0.308 e. The summed E-state index contributed by atoms with van der Waals surface area (Å²) in [5, 5.41) is 3.20. The van der Waals surface area contributed by atoms with E-state index in [1.807, 2.05) is 0 Å². The van der Waals surface area contributed by atoms with Crippen LogP contribution in [0.3, 0.4) is 0 Å². The normalized spacial score (nSPS) is 26.7. The van der Waals surface area contributed by atoms with Crippen LogP contribution in [0.15, 0.2) is 0 Å². The maximum Gasteiger partial charge on any atom is 0.308 e. The number of hydrogen-bond donors (Lipinski definition) is 1. The molecule has 1 N–H and O–H groups in total. The first kappa shape index (κ1) is 12.8. The molecule has 5 heteroatoms. The lowest BCUT2D eigenvalue weighted by Gasteiger charge is -2.24. The van der Waals surface area contributed by atoms with Gasteiger partial charge in [0.2, 0.25) is 0 Å². The molecular weight excluding hydrogens is 222 g/mol. The van der Waals surface area contributed by atoms with Crippen molar-refractivity contribution in [2.45, 2.75) is 25.4 Å². The Morgan fingerprint density at radius 1 is 1.29 bits per heavy atom. The number of ether oxygens (including phenoxy) is 3. The first-order valence-electron chi connectivity index (χ1n) is 6.40. The Labute approximate surface area is 102 Å². The van der Waals surface area contributed by atoms with E-state index in [1.165, 1.54) is 0 Å². The Kier molecular flexibility index (Phi) is 5.22. The van der Waals surface area contributed by atoms with Crippen LogP contribution in [-0.2, 0) is 19.0 Å². The molecule has 98 valence electrons. The van der Waals surface area contributed by atoms with Crippen LogP contribution >= 0.6 is 0 Å². The number of nitrogens with one attached hydrogen (secondary N) is 1. The molecule has 2 aliphatic rings. The van der Waals surface area contributed by atoms with Crippen LogP contribution in [0.4, 0.5) is 0 Å². The minimum atomic E-state index is -0.148. The lowest BCUT2D eigenvalue weighted by molar-refractivity contribution is -0.149. The summed E-state index contributed by atoms with van der Waals surface area (Å²) >= 11 is 0. The van der Waals surface area contributed by atoms with E-state index in [0.717, 1.165) is 39.1 Å². The Bertz CT molecular complexity index is 235. The number of hydrogen-bond acceptors (Lipinski definition) is 5. The average molecular weight is 243 g/mol. The molecule has 1 atom stereocenters. The summed E-state index contributed by atoms with van der Waals surface area (Å²) in [5.41, 5.74) is 0. The van der Waals surface area contributed by atoms with Gasteiger partial charge in [0.05, 0.1) is 25.7 Å². The molecule has 1 unspecified atom stereocenters. The fraction of sp³-hybridized carbons (Fsp3) is 0.917. The second-order valence-corrected chi connectivity index (χ2v) is 4.64. The van der Waals surface area contributed by atoms with E-state index < -0.39 is 0 Å². The van der Waals surface area contributed by atoms with Crippen LogP contribution in [0.25, 0.3) is 0 Å². The predicted molar refractivity (Wildman–Crippen MR) is 61.7 cm³/mol. The van der Waals surface area contributed by atoms with Gasteiger partial charge >= 0.3 is 5.97 Å². The predicted octanol–water partition coefficient (Wildman–Crippen LogP) is 0.335. The van der Waals surface area contributed by atoms with Gasteiger partial charge in [-0.25, -0.2) is 0 Å². The van der Waals surface area contributed by atoms with E-state index in [4.69, 9.17) is 14.2 Å². The van der Waals surface area contributed by atoms with Crippen LogP contribution in [-0.4, -0.2) is 51.6 Å². The topological polar surface area (TPSA) is 56.8 Å².